The number of aromatic amines is 1. The molecular weight excluding hydrogens is 422 g/mol. The number of amides is 2. The second kappa shape index (κ2) is 8.55. The van der Waals surface area contributed by atoms with Gasteiger partial charge in [-0.05, 0) is 42.0 Å². The van der Waals surface area contributed by atoms with Gasteiger partial charge in [0.1, 0.15) is 11.5 Å². The van der Waals surface area contributed by atoms with Crippen LogP contribution >= 0.6 is 0 Å². The van der Waals surface area contributed by atoms with E-state index in [-0.39, 0.29) is 42.0 Å². The summed E-state index contributed by atoms with van der Waals surface area (Å²) in [6, 6.07) is 9.23. The summed E-state index contributed by atoms with van der Waals surface area (Å²) in [6.45, 7) is 0. The van der Waals surface area contributed by atoms with Gasteiger partial charge in [-0.2, -0.15) is 9.97 Å². The topological polar surface area (TPSA) is 147 Å². The maximum atomic E-state index is 12.1. The molecule has 2 aromatic heterocycles. The zero-order valence-electron chi connectivity index (χ0n) is 18.0. The Morgan fingerprint density at radius 3 is 2.88 bits per heavy atom. The van der Waals surface area contributed by atoms with Crippen molar-refractivity contribution < 1.29 is 14.4 Å². The Hall–Kier alpha value is -3.92. The standard InChI is InChI=1S/C23H25N7O3/c1-33-30-17(31)10-12-3-2-4-15(9-12)26-23-28-21-16(7-8-25-21)22(29-23)27-19-14-6-5-13(11-14)18(19)20(24)32/h2-9,13-14,18-19H,10-11H2,1H3,(H2,24,32)(H,30,31)(H3,25,26,27,28,29). The van der Waals surface area contributed by atoms with Crippen LogP contribution in [0.2, 0.25) is 0 Å². The molecule has 6 N–H and O–H groups in total. The molecule has 1 aromatic carbocycles. The van der Waals surface area contributed by atoms with Gasteiger partial charge < -0.3 is 21.4 Å². The number of aromatic nitrogens is 3. The molecule has 4 unspecified atom stereocenters. The zero-order chi connectivity index (χ0) is 22.9. The Bertz CT molecular complexity index is 1240. The molecule has 1 fully saturated rings. The van der Waals surface area contributed by atoms with Crippen molar-refractivity contribution in [2.45, 2.75) is 18.9 Å². The number of hydrogen-bond acceptors (Lipinski definition) is 7. The summed E-state index contributed by atoms with van der Waals surface area (Å²) in [4.78, 5) is 41.0. The molecule has 5 rings (SSSR count). The van der Waals surface area contributed by atoms with Crippen molar-refractivity contribution in [2.75, 3.05) is 17.7 Å². The summed E-state index contributed by atoms with van der Waals surface area (Å²) in [7, 11) is 1.40. The maximum absolute atomic E-state index is 12.1. The van der Waals surface area contributed by atoms with E-state index >= 15 is 0 Å². The molecule has 0 radical (unpaired) electrons. The third kappa shape index (κ3) is 4.12. The van der Waals surface area contributed by atoms with E-state index in [9.17, 15) is 9.59 Å². The van der Waals surface area contributed by atoms with Gasteiger partial charge in [-0.25, -0.2) is 5.48 Å². The molecule has 2 bridgehead atoms. The van der Waals surface area contributed by atoms with Gasteiger partial charge in [-0.1, -0.05) is 24.3 Å². The van der Waals surface area contributed by atoms with Crippen LogP contribution in [0.5, 0.6) is 0 Å². The Morgan fingerprint density at radius 2 is 2.06 bits per heavy atom. The smallest absolute Gasteiger partial charge is 0.247 e. The van der Waals surface area contributed by atoms with E-state index in [0.29, 0.717) is 17.4 Å². The number of anilines is 3. The van der Waals surface area contributed by atoms with Gasteiger partial charge >= 0.3 is 0 Å². The summed E-state index contributed by atoms with van der Waals surface area (Å²) < 4.78 is 0. The van der Waals surface area contributed by atoms with Crippen LogP contribution in [0, 0.1) is 17.8 Å². The average Bonchev–Trinajstić information content (AvgIpc) is 3.50. The van der Waals surface area contributed by atoms with Gasteiger partial charge in [0.15, 0.2) is 0 Å². The number of nitrogens with two attached hydrogens (primary N) is 1. The Labute approximate surface area is 190 Å². The van der Waals surface area contributed by atoms with Crippen molar-refractivity contribution in [1.29, 1.82) is 0 Å². The fourth-order valence-electron chi connectivity index (χ4n) is 4.90. The second-order valence-corrected chi connectivity index (χ2v) is 8.41. The molecular formula is C23H25N7O3. The van der Waals surface area contributed by atoms with E-state index in [1.807, 2.05) is 30.3 Å². The lowest BCUT2D eigenvalue weighted by Crippen LogP contribution is -2.41. The van der Waals surface area contributed by atoms with Gasteiger partial charge in [0.2, 0.25) is 17.8 Å². The predicted molar refractivity (Wildman–Crippen MR) is 123 cm³/mol. The number of nitrogens with one attached hydrogen (secondary N) is 4. The Morgan fingerprint density at radius 1 is 1.21 bits per heavy atom. The van der Waals surface area contributed by atoms with E-state index < -0.39 is 0 Å². The van der Waals surface area contributed by atoms with Crippen molar-refractivity contribution in [3.8, 4) is 0 Å². The van der Waals surface area contributed by atoms with E-state index in [1.54, 1.807) is 6.20 Å². The van der Waals surface area contributed by atoms with E-state index in [4.69, 9.17) is 10.7 Å². The van der Waals surface area contributed by atoms with Crippen molar-refractivity contribution in [2.24, 2.45) is 23.5 Å². The summed E-state index contributed by atoms with van der Waals surface area (Å²) in [5, 5.41) is 7.53. The van der Waals surface area contributed by atoms with Crippen molar-refractivity contribution in [3.05, 3.63) is 54.2 Å². The molecule has 33 heavy (non-hydrogen) atoms. The quantitative estimate of drug-likeness (QED) is 0.262. The van der Waals surface area contributed by atoms with Crippen LogP contribution in [0.1, 0.15) is 12.0 Å². The lowest BCUT2D eigenvalue weighted by molar-refractivity contribution is -0.130. The van der Waals surface area contributed by atoms with Crippen LogP contribution in [0.4, 0.5) is 17.5 Å². The Kier molecular flexibility index (Phi) is 5.43. The molecule has 1 saturated carbocycles. The molecule has 2 aliphatic rings. The number of rotatable bonds is 8. The van der Waals surface area contributed by atoms with Crippen LogP contribution in [0.25, 0.3) is 11.0 Å². The largest absolute Gasteiger partial charge is 0.369 e. The first-order valence-electron chi connectivity index (χ1n) is 10.8. The minimum atomic E-state index is -0.295. The van der Waals surface area contributed by atoms with E-state index in [2.05, 4.69) is 43.1 Å². The average molecular weight is 447 g/mol. The number of fused-ring (bicyclic) bond motifs is 3. The molecule has 2 heterocycles. The first-order valence-corrected chi connectivity index (χ1v) is 10.8. The molecule has 10 nitrogen and oxygen atoms in total. The fourth-order valence-corrected chi connectivity index (χ4v) is 4.90. The highest BCUT2D eigenvalue weighted by molar-refractivity contribution is 5.89. The monoisotopic (exact) mass is 447 g/mol. The second-order valence-electron chi connectivity index (χ2n) is 8.41. The minimum absolute atomic E-state index is 0.110. The lowest BCUT2D eigenvalue weighted by atomic mass is 9.88. The number of H-pyrrole nitrogens is 1. The molecule has 10 heteroatoms. The number of allylic oxidation sites excluding steroid dienone is 1. The van der Waals surface area contributed by atoms with Crippen LogP contribution in [0.3, 0.4) is 0 Å². The van der Waals surface area contributed by atoms with Crippen LogP contribution in [-0.4, -0.2) is 39.9 Å². The lowest BCUT2D eigenvalue weighted by Gasteiger charge is -2.27. The molecule has 0 saturated heterocycles. The number of hydroxylamine groups is 1. The first kappa shape index (κ1) is 21.0. The van der Waals surface area contributed by atoms with E-state index in [1.165, 1.54) is 7.11 Å². The zero-order valence-corrected chi connectivity index (χ0v) is 18.0. The Balaban J connectivity index is 1.40. The molecule has 0 aliphatic heterocycles. The molecule has 0 spiro atoms. The number of carbonyl (C=O) groups excluding carboxylic acids is 2. The summed E-state index contributed by atoms with van der Waals surface area (Å²) in [6.07, 6.45) is 7.15. The summed E-state index contributed by atoms with van der Waals surface area (Å²) in [5.41, 5.74) is 10.3. The highest BCUT2D eigenvalue weighted by Crippen LogP contribution is 2.45. The van der Waals surface area contributed by atoms with E-state index in [0.717, 1.165) is 23.1 Å². The fraction of sp³-hybridized carbons (Fsp3) is 0.304. The highest BCUT2D eigenvalue weighted by Gasteiger charge is 2.47. The maximum Gasteiger partial charge on any atom is 0.247 e. The third-order valence-corrected chi connectivity index (χ3v) is 6.27. The van der Waals surface area contributed by atoms with Gasteiger partial charge in [0, 0.05) is 17.9 Å². The van der Waals surface area contributed by atoms with Gasteiger partial charge in [0.05, 0.1) is 24.8 Å². The number of benzene rings is 1. The number of carbonyl (C=O) groups is 2. The highest BCUT2D eigenvalue weighted by atomic mass is 16.6. The normalized spacial score (nSPS) is 23.1. The molecule has 170 valence electrons. The molecule has 2 aliphatic carbocycles. The van der Waals surface area contributed by atoms with Crippen LogP contribution < -0.4 is 21.8 Å². The van der Waals surface area contributed by atoms with Gasteiger partial charge in [-0.15, -0.1) is 0 Å². The van der Waals surface area contributed by atoms with Gasteiger partial charge in [-0.3, -0.25) is 14.4 Å². The first-order chi connectivity index (χ1) is 16.0. The SMILES string of the molecule is CONC(=O)Cc1cccc(Nc2nc(NC3C4C=CC(C4)C3C(N)=O)c3cc[nH]c3n2)c1. The van der Waals surface area contributed by atoms with Crippen LogP contribution in [0.15, 0.2) is 48.7 Å². The summed E-state index contributed by atoms with van der Waals surface area (Å²) in [5.74, 6) is 0.629. The van der Waals surface area contributed by atoms with Crippen LogP contribution in [-0.2, 0) is 20.8 Å². The molecule has 3 aromatic rings. The minimum Gasteiger partial charge on any atom is -0.369 e. The van der Waals surface area contributed by atoms with Crippen molar-refractivity contribution in [1.82, 2.24) is 20.4 Å². The van der Waals surface area contributed by atoms with Crippen molar-refractivity contribution in [3.63, 3.8) is 0 Å². The summed E-state index contributed by atoms with van der Waals surface area (Å²) >= 11 is 0. The number of primary amides is 1. The number of nitrogens with zero attached hydrogens (tertiary/aromatic N) is 2. The van der Waals surface area contributed by atoms with Gasteiger partial charge in [0.25, 0.3) is 0 Å². The van der Waals surface area contributed by atoms with Crippen molar-refractivity contribution >= 4 is 40.3 Å². The molecule has 4 atom stereocenters. The third-order valence-electron chi connectivity index (χ3n) is 6.27. The number of hydrogen-bond donors (Lipinski definition) is 5. The molecule has 2 amide bonds. The predicted octanol–water partition coefficient (Wildman–Crippen LogP) is 2.01.